The van der Waals surface area contributed by atoms with Gasteiger partial charge >= 0.3 is 5.97 Å². The maximum absolute atomic E-state index is 12.0. The molecule has 0 unspecified atom stereocenters. The molecular weight excluding hydrogens is 262 g/mol. The standard InChI is InChI=1S/C13H15N3O2S/c1-9(12-15-6-7-19-12)18-13(17)10-4-5-14-11(8-10)16(2)3/h4-9H,1-3H3/t9-/m1/s1. The van der Waals surface area contributed by atoms with E-state index in [-0.39, 0.29) is 12.1 Å². The molecule has 0 aliphatic carbocycles. The Morgan fingerprint density at radius 1 is 1.37 bits per heavy atom. The van der Waals surface area contributed by atoms with E-state index in [1.54, 1.807) is 24.5 Å². The lowest BCUT2D eigenvalue weighted by Gasteiger charge is -2.13. The summed E-state index contributed by atoms with van der Waals surface area (Å²) in [5, 5.41) is 2.64. The van der Waals surface area contributed by atoms with Gasteiger partial charge in [-0.3, -0.25) is 0 Å². The minimum absolute atomic E-state index is 0.344. The van der Waals surface area contributed by atoms with Gasteiger partial charge in [-0.1, -0.05) is 0 Å². The van der Waals surface area contributed by atoms with Crippen LogP contribution in [0.1, 0.15) is 28.4 Å². The normalized spacial score (nSPS) is 11.9. The molecule has 19 heavy (non-hydrogen) atoms. The van der Waals surface area contributed by atoms with E-state index in [0.29, 0.717) is 5.56 Å². The summed E-state index contributed by atoms with van der Waals surface area (Å²) < 4.78 is 5.38. The second-order valence-electron chi connectivity index (χ2n) is 4.22. The fourth-order valence-electron chi connectivity index (χ4n) is 1.50. The van der Waals surface area contributed by atoms with E-state index in [2.05, 4.69) is 9.97 Å². The maximum Gasteiger partial charge on any atom is 0.339 e. The molecular formula is C13H15N3O2S. The molecule has 100 valence electrons. The molecule has 0 aliphatic heterocycles. The summed E-state index contributed by atoms with van der Waals surface area (Å²) in [5.41, 5.74) is 0.488. The van der Waals surface area contributed by atoms with Crippen LogP contribution in [0.5, 0.6) is 0 Å². The number of hydrogen-bond donors (Lipinski definition) is 0. The zero-order valence-corrected chi connectivity index (χ0v) is 11.8. The Hall–Kier alpha value is -1.95. The van der Waals surface area contributed by atoms with Crippen molar-refractivity contribution in [2.75, 3.05) is 19.0 Å². The molecule has 2 aromatic heterocycles. The Morgan fingerprint density at radius 3 is 2.79 bits per heavy atom. The summed E-state index contributed by atoms with van der Waals surface area (Å²) >= 11 is 1.47. The highest BCUT2D eigenvalue weighted by Crippen LogP contribution is 2.21. The molecule has 1 atom stereocenters. The lowest BCUT2D eigenvalue weighted by molar-refractivity contribution is 0.0337. The van der Waals surface area contributed by atoms with Gasteiger partial charge in [0.05, 0.1) is 5.56 Å². The molecule has 2 aromatic rings. The number of thiazole rings is 1. The second kappa shape index (κ2) is 5.79. The molecule has 0 aliphatic rings. The number of nitrogens with zero attached hydrogens (tertiary/aromatic N) is 3. The number of esters is 1. The summed E-state index contributed by atoms with van der Waals surface area (Å²) in [6.45, 7) is 1.81. The van der Waals surface area contributed by atoms with E-state index >= 15 is 0 Å². The summed E-state index contributed by atoms with van der Waals surface area (Å²) in [4.78, 5) is 22.2. The molecule has 5 nitrogen and oxygen atoms in total. The molecule has 0 amide bonds. The number of carbonyl (C=O) groups is 1. The third kappa shape index (κ3) is 3.29. The van der Waals surface area contributed by atoms with E-state index in [9.17, 15) is 4.79 Å². The van der Waals surface area contributed by atoms with Gasteiger partial charge in [0.1, 0.15) is 10.8 Å². The van der Waals surface area contributed by atoms with Gasteiger partial charge in [0.2, 0.25) is 0 Å². The van der Waals surface area contributed by atoms with Crippen LogP contribution in [0.4, 0.5) is 5.82 Å². The molecule has 6 heteroatoms. The number of aromatic nitrogens is 2. The quantitative estimate of drug-likeness (QED) is 0.804. The van der Waals surface area contributed by atoms with Gasteiger partial charge < -0.3 is 9.64 Å². The first-order valence-electron chi connectivity index (χ1n) is 5.81. The van der Waals surface area contributed by atoms with E-state index in [1.807, 2.05) is 31.3 Å². The van der Waals surface area contributed by atoms with Crippen LogP contribution in [-0.2, 0) is 4.74 Å². The van der Waals surface area contributed by atoms with E-state index in [1.165, 1.54) is 11.3 Å². The highest BCUT2D eigenvalue weighted by Gasteiger charge is 2.16. The molecule has 0 aromatic carbocycles. The zero-order valence-electron chi connectivity index (χ0n) is 11.0. The smallest absolute Gasteiger partial charge is 0.339 e. The van der Waals surface area contributed by atoms with Crippen molar-refractivity contribution < 1.29 is 9.53 Å². The van der Waals surface area contributed by atoms with Crippen LogP contribution in [0.2, 0.25) is 0 Å². The second-order valence-corrected chi connectivity index (χ2v) is 5.14. The average molecular weight is 277 g/mol. The molecule has 0 saturated heterocycles. The molecule has 2 rings (SSSR count). The lowest BCUT2D eigenvalue weighted by Crippen LogP contribution is -2.13. The highest BCUT2D eigenvalue weighted by molar-refractivity contribution is 7.09. The van der Waals surface area contributed by atoms with Crippen molar-refractivity contribution in [1.29, 1.82) is 0 Å². The minimum Gasteiger partial charge on any atom is -0.452 e. The van der Waals surface area contributed by atoms with Gasteiger partial charge in [-0.05, 0) is 19.1 Å². The zero-order chi connectivity index (χ0) is 13.8. The third-order valence-corrected chi connectivity index (χ3v) is 3.46. The molecule has 2 heterocycles. The van der Waals surface area contributed by atoms with Crippen molar-refractivity contribution in [2.45, 2.75) is 13.0 Å². The van der Waals surface area contributed by atoms with E-state index < -0.39 is 0 Å². The van der Waals surface area contributed by atoms with Gasteiger partial charge in [-0.15, -0.1) is 11.3 Å². The topological polar surface area (TPSA) is 55.3 Å². The van der Waals surface area contributed by atoms with Gasteiger partial charge in [-0.25, -0.2) is 14.8 Å². The summed E-state index contributed by atoms with van der Waals surface area (Å²) in [7, 11) is 3.74. The van der Waals surface area contributed by atoms with Crippen LogP contribution < -0.4 is 4.90 Å². The number of ether oxygens (including phenoxy) is 1. The number of anilines is 1. The number of pyridine rings is 1. The van der Waals surface area contributed by atoms with Crippen molar-refractivity contribution in [3.63, 3.8) is 0 Å². The largest absolute Gasteiger partial charge is 0.452 e. The first-order chi connectivity index (χ1) is 9.08. The van der Waals surface area contributed by atoms with Crippen molar-refractivity contribution in [1.82, 2.24) is 9.97 Å². The first kappa shape index (κ1) is 13.5. The monoisotopic (exact) mass is 277 g/mol. The lowest BCUT2D eigenvalue weighted by atomic mass is 10.2. The Morgan fingerprint density at radius 2 is 2.16 bits per heavy atom. The number of rotatable bonds is 4. The number of hydrogen-bond acceptors (Lipinski definition) is 6. The highest BCUT2D eigenvalue weighted by atomic mass is 32.1. The molecule has 0 saturated carbocycles. The third-order valence-electron chi connectivity index (χ3n) is 2.52. The van der Waals surface area contributed by atoms with Crippen molar-refractivity contribution >= 4 is 23.1 Å². The van der Waals surface area contributed by atoms with Crippen LogP contribution in [0.25, 0.3) is 0 Å². The minimum atomic E-state index is -0.367. The van der Waals surface area contributed by atoms with Gasteiger partial charge in [-0.2, -0.15) is 0 Å². The fraction of sp³-hybridized carbons (Fsp3) is 0.308. The SMILES string of the molecule is C[C@@H](OC(=O)c1ccnc(N(C)C)c1)c1nccs1. The van der Waals surface area contributed by atoms with Crippen LogP contribution in [0.15, 0.2) is 29.9 Å². The van der Waals surface area contributed by atoms with Crippen LogP contribution in [0.3, 0.4) is 0 Å². The Balaban J connectivity index is 2.10. The molecule has 0 fully saturated rings. The predicted octanol–water partition coefficient (Wildman–Crippen LogP) is 2.52. The Labute approximate surface area is 115 Å². The molecule has 0 radical (unpaired) electrons. The van der Waals surface area contributed by atoms with Gasteiger partial charge in [0.15, 0.2) is 6.10 Å². The molecule has 0 N–H and O–H groups in total. The van der Waals surface area contributed by atoms with Gasteiger partial charge in [0, 0.05) is 31.9 Å². The van der Waals surface area contributed by atoms with Gasteiger partial charge in [0.25, 0.3) is 0 Å². The number of carbonyl (C=O) groups excluding carboxylic acids is 1. The fourth-order valence-corrected chi connectivity index (χ4v) is 2.13. The Bertz CT molecular complexity index is 555. The van der Waals surface area contributed by atoms with E-state index in [0.717, 1.165) is 10.8 Å². The maximum atomic E-state index is 12.0. The summed E-state index contributed by atoms with van der Waals surface area (Å²) in [6.07, 6.45) is 2.95. The summed E-state index contributed by atoms with van der Waals surface area (Å²) in [5.74, 6) is 0.351. The molecule has 0 spiro atoms. The molecule has 0 bridgehead atoms. The van der Waals surface area contributed by atoms with E-state index in [4.69, 9.17) is 4.74 Å². The average Bonchev–Trinajstić information content (AvgIpc) is 2.92. The van der Waals surface area contributed by atoms with Crippen LogP contribution in [0, 0.1) is 0 Å². The predicted molar refractivity (Wildman–Crippen MR) is 74.5 cm³/mol. The van der Waals surface area contributed by atoms with Crippen LogP contribution in [-0.4, -0.2) is 30.0 Å². The Kier molecular flexibility index (Phi) is 4.11. The van der Waals surface area contributed by atoms with Crippen molar-refractivity contribution in [3.05, 3.63) is 40.5 Å². The summed E-state index contributed by atoms with van der Waals surface area (Å²) in [6, 6.07) is 3.35. The first-order valence-corrected chi connectivity index (χ1v) is 6.69. The van der Waals surface area contributed by atoms with Crippen molar-refractivity contribution in [3.8, 4) is 0 Å². The van der Waals surface area contributed by atoms with Crippen LogP contribution >= 0.6 is 11.3 Å². The van der Waals surface area contributed by atoms with Crippen molar-refractivity contribution in [2.24, 2.45) is 0 Å².